The Labute approximate surface area is 112 Å². The summed E-state index contributed by atoms with van der Waals surface area (Å²) < 4.78 is 0. The summed E-state index contributed by atoms with van der Waals surface area (Å²) in [5.41, 5.74) is 7.14. The predicted octanol–water partition coefficient (Wildman–Crippen LogP) is 0.795. The van der Waals surface area contributed by atoms with Crippen LogP contribution in [0.4, 0.5) is 5.69 Å². The lowest BCUT2D eigenvalue weighted by atomic mass is 10.1. The molecule has 1 aliphatic heterocycles. The molecule has 0 aliphatic carbocycles. The first-order valence-corrected chi connectivity index (χ1v) is 6.57. The number of carbonyl (C=O) groups is 2. The Hall–Kier alpha value is -1.88. The molecule has 0 bridgehead atoms. The van der Waals surface area contributed by atoms with Gasteiger partial charge in [0, 0.05) is 12.1 Å². The van der Waals surface area contributed by atoms with Crippen molar-refractivity contribution in [2.75, 3.05) is 11.9 Å². The van der Waals surface area contributed by atoms with Gasteiger partial charge in [-0.2, -0.15) is 0 Å². The smallest absolute Gasteiger partial charge is 0.241 e. The molecule has 0 aromatic heterocycles. The molecule has 1 aliphatic rings. The Bertz CT molecular complexity index is 474. The second-order valence-corrected chi connectivity index (χ2v) is 4.76. The molecule has 0 saturated heterocycles. The molecule has 4 N–H and O–H groups in total. The first-order chi connectivity index (χ1) is 9.16. The SMILES string of the molecule is NC(=O)CCCNC1CCc2ccccc2NC1=O. The molecule has 1 unspecified atom stereocenters. The van der Waals surface area contributed by atoms with Gasteiger partial charge in [-0.05, 0) is 37.4 Å². The van der Waals surface area contributed by atoms with Gasteiger partial charge in [0.2, 0.25) is 11.8 Å². The lowest BCUT2D eigenvalue weighted by Gasteiger charge is -2.14. The molecule has 0 radical (unpaired) electrons. The lowest BCUT2D eigenvalue weighted by Crippen LogP contribution is -2.40. The average Bonchev–Trinajstić information content (AvgIpc) is 2.53. The van der Waals surface area contributed by atoms with Gasteiger partial charge in [0.15, 0.2) is 0 Å². The standard InChI is InChI=1S/C14H19N3O2/c15-13(18)6-3-9-16-12-8-7-10-4-1-2-5-11(10)17-14(12)19/h1-2,4-5,12,16H,3,6-9H2,(H2,15,18)(H,17,19). The average molecular weight is 261 g/mol. The molecular weight excluding hydrogens is 242 g/mol. The number of aryl methyl sites for hydroxylation is 1. The van der Waals surface area contributed by atoms with Crippen LogP contribution in [0, 0.1) is 0 Å². The number of primary amides is 1. The molecular formula is C14H19N3O2. The maximum atomic E-state index is 12.0. The summed E-state index contributed by atoms with van der Waals surface area (Å²) in [5.74, 6) is -0.316. The minimum Gasteiger partial charge on any atom is -0.370 e. The fourth-order valence-electron chi connectivity index (χ4n) is 2.24. The monoisotopic (exact) mass is 261 g/mol. The number of hydrogen-bond acceptors (Lipinski definition) is 3. The van der Waals surface area contributed by atoms with Crippen LogP contribution in [-0.2, 0) is 16.0 Å². The largest absolute Gasteiger partial charge is 0.370 e. The van der Waals surface area contributed by atoms with Crippen molar-refractivity contribution in [3.63, 3.8) is 0 Å². The van der Waals surface area contributed by atoms with Gasteiger partial charge < -0.3 is 16.4 Å². The van der Waals surface area contributed by atoms with Crippen LogP contribution < -0.4 is 16.4 Å². The molecule has 1 atom stereocenters. The van der Waals surface area contributed by atoms with Crippen molar-refractivity contribution in [1.82, 2.24) is 5.32 Å². The van der Waals surface area contributed by atoms with Gasteiger partial charge >= 0.3 is 0 Å². The number of nitrogens with two attached hydrogens (primary N) is 1. The van der Waals surface area contributed by atoms with Crippen molar-refractivity contribution in [2.24, 2.45) is 5.73 Å². The number of benzene rings is 1. The number of fused-ring (bicyclic) bond motifs is 1. The first kappa shape index (κ1) is 13.5. The molecule has 0 spiro atoms. The summed E-state index contributed by atoms with van der Waals surface area (Å²) in [4.78, 5) is 22.7. The Morgan fingerprint density at radius 2 is 2.21 bits per heavy atom. The van der Waals surface area contributed by atoms with Gasteiger partial charge in [0.05, 0.1) is 6.04 Å². The van der Waals surface area contributed by atoms with E-state index in [0.717, 1.165) is 24.1 Å². The Kier molecular flexibility index (Phi) is 4.52. The van der Waals surface area contributed by atoms with E-state index in [4.69, 9.17) is 5.73 Å². The van der Waals surface area contributed by atoms with Crippen LogP contribution in [0.1, 0.15) is 24.8 Å². The zero-order valence-corrected chi connectivity index (χ0v) is 10.8. The minimum absolute atomic E-state index is 0.0102. The van der Waals surface area contributed by atoms with Crippen LogP contribution in [0.25, 0.3) is 0 Å². The summed E-state index contributed by atoms with van der Waals surface area (Å²) in [6.45, 7) is 0.622. The third-order valence-corrected chi connectivity index (χ3v) is 3.28. The fourth-order valence-corrected chi connectivity index (χ4v) is 2.24. The van der Waals surface area contributed by atoms with Crippen molar-refractivity contribution < 1.29 is 9.59 Å². The maximum absolute atomic E-state index is 12.0. The van der Waals surface area contributed by atoms with Crippen LogP contribution in [0.2, 0.25) is 0 Å². The van der Waals surface area contributed by atoms with Crippen molar-refractivity contribution >= 4 is 17.5 Å². The van der Waals surface area contributed by atoms with E-state index in [1.807, 2.05) is 24.3 Å². The van der Waals surface area contributed by atoms with E-state index in [0.29, 0.717) is 19.4 Å². The van der Waals surface area contributed by atoms with Crippen molar-refractivity contribution in [1.29, 1.82) is 0 Å². The summed E-state index contributed by atoms with van der Waals surface area (Å²) in [7, 11) is 0. The minimum atomic E-state index is -0.306. The van der Waals surface area contributed by atoms with Gasteiger partial charge in [-0.3, -0.25) is 9.59 Å². The molecule has 2 rings (SSSR count). The van der Waals surface area contributed by atoms with E-state index in [9.17, 15) is 9.59 Å². The summed E-state index contributed by atoms with van der Waals surface area (Å²) >= 11 is 0. The quantitative estimate of drug-likeness (QED) is 0.685. The van der Waals surface area contributed by atoms with Crippen LogP contribution >= 0.6 is 0 Å². The maximum Gasteiger partial charge on any atom is 0.241 e. The second kappa shape index (κ2) is 6.33. The molecule has 1 aromatic carbocycles. The Morgan fingerprint density at radius 3 is 3.00 bits per heavy atom. The number of para-hydroxylation sites is 1. The van der Waals surface area contributed by atoms with Crippen LogP contribution in [0.15, 0.2) is 24.3 Å². The van der Waals surface area contributed by atoms with E-state index >= 15 is 0 Å². The van der Waals surface area contributed by atoms with Crippen LogP contribution in [-0.4, -0.2) is 24.4 Å². The molecule has 5 heteroatoms. The van der Waals surface area contributed by atoms with Gasteiger partial charge in [0.25, 0.3) is 0 Å². The highest BCUT2D eigenvalue weighted by Gasteiger charge is 2.22. The van der Waals surface area contributed by atoms with E-state index in [1.165, 1.54) is 0 Å². The lowest BCUT2D eigenvalue weighted by molar-refractivity contribution is -0.118. The normalized spacial score (nSPS) is 18.3. The third kappa shape index (κ3) is 3.79. The number of amides is 2. The number of anilines is 1. The number of carbonyl (C=O) groups excluding carboxylic acids is 2. The highest BCUT2D eigenvalue weighted by atomic mass is 16.2. The number of rotatable bonds is 5. The number of hydrogen-bond donors (Lipinski definition) is 3. The van der Waals surface area contributed by atoms with Crippen molar-refractivity contribution in [2.45, 2.75) is 31.7 Å². The Balaban J connectivity index is 1.88. The molecule has 1 aromatic rings. The first-order valence-electron chi connectivity index (χ1n) is 6.57. The fraction of sp³-hybridized carbons (Fsp3) is 0.429. The van der Waals surface area contributed by atoms with E-state index in [2.05, 4.69) is 10.6 Å². The summed E-state index contributed by atoms with van der Waals surface area (Å²) in [6.07, 6.45) is 2.63. The predicted molar refractivity (Wildman–Crippen MR) is 73.6 cm³/mol. The molecule has 0 fully saturated rings. The molecule has 19 heavy (non-hydrogen) atoms. The second-order valence-electron chi connectivity index (χ2n) is 4.76. The molecule has 0 saturated carbocycles. The van der Waals surface area contributed by atoms with Crippen molar-refractivity contribution in [3.8, 4) is 0 Å². The summed E-state index contributed by atoms with van der Waals surface area (Å²) in [5, 5.41) is 6.11. The van der Waals surface area contributed by atoms with Gasteiger partial charge in [0.1, 0.15) is 0 Å². The topological polar surface area (TPSA) is 84.2 Å². The number of nitrogens with one attached hydrogen (secondary N) is 2. The Morgan fingerprint density at radius 1 is 1.42 bits per heavy atom. The third-order valence-electron chi connectivity index (χ3n) is 3.28. The highest BCUT2D eigenvalue weighted by Crippen LogP contribution is 2.21. The van der Waals surface area contributed by atoms with E-state index < -0.39 is 0 Å². The zero-order chi connectivity index (χ0) is 13.7. The highest BCUT2D eigenvalue weighted by molar-refractivity contribution is 5.96. The van der Waals surface area contributed by atoms with Gasteiger partial charge in [-0.25, -0.2) is 0 Å². The van der Waals surface area contributed by atoms with Crippen LogP contribution in [0.3, 0.4) is 0 Å². The van der Waals surface area contributed by atoms with Gasteiger partial charge in [-0.15, -0.1) is 0 Å². The molecule has 2 amide bonds. The molecule has 5 nitrogen and oxygen atoms in total. The zero-order valence-electron chi connectivity index (χ0n) is 10.8. The molecule has 102 valence electrons. The van der Waals surface area contributed by atoms with Crippen LogP contribution in [0.5, 0.6) is 0 Å². The van der Waals surface area contributed by atoms with Crippen molar-refractivity contribution in [3.05, 3.63) is 29.8 Å². The molecule has 1 heterocycles. The summed E-state index contributed by atoms with van der Waals surface area (Å²) in [6, 6.07) is 7.64. The van der Waals surface area contributed by atoms with E-state index in [1.54, 1.807) is 0 Å². The van der Waals surface area contributed by atoms with Gasteiger partial charge in [-0.1, -0.05) is 18.2 Å². The van der Waals surface area contributed by atoms with E-state index in [-0.39, 0.29) is 17.9 Å².